The van der Waals surface area contributed by atoms with Crippen LogP contribution in [0.2, 0.25) is 0 Å². The highest BCUT2D eigenvalue weighted by Gasteiger charge is 2.27. The van der Waals surface area contributed by atoms with E-state index in [4.69, 9.17) is 0 Å². The second-order valence-corrected chi connectivity index (χ2v) is 13.3. The molecule has 0 spiro atoms. The lowest BCUT2D eigenvalue weighted by atomic mass is 10.1. The fourth-order valence-electron chi connectivity index (χ4n) is 3.09. The van der Waals surface area contributed by atoms with E-state index in [9.17, 15) is 16.8 Å². The first kappa shape index (κ1) is 25.2. The van der Waals surface area contributed by atoms with Gasteiger partial charge < -0.3 is 5.32 Å². The van der Waals surface area contributed by atoms with E-state index in [1.54, 1.807) is 39.1 Å². The summed E-state index contributed by atoms with van der Waals surface area (Å²) in [6, 6.07) is 12.4. The maximum absolute atomic E-state index is 13.3. The van der Waals surface area contributed by atoms with Gasteiger partial charge in [0.1, 0.15) is 5.01 Å². The van der Waals surface area contributed by atoms with Gasteiger partial charge in [0.2, 0.25) is 20.0 Å². The Morgan fingerprint density at radius 2 is 1.64 bits per heavy atom. The zero-order valence-electron chi connectivity index (χ0n) is 19.4. The van der Waals surface area contributed by atoms with Gasteiger partial charge in [0.25, 0.3) is 0 Å². The summed E-state index contributed by atoms with van der Waals surface area (Å²) < 4.78 is 54.4. The van der Waals surface area contributed by atoms with Gasteiger partial charge in [0, 0.05) is 42.6 Å². The Balaban J connectivity index is 2.14. The normalized spacial score (nSPS) is 12.5. The second kappa shape index (κ2) is 9.05. The average molecular weight is 509 g/mol. The molecule has 0 radical (unpaired) electrons. The molecule has 0 aliphatic carbocycles. The van der Waals surface area contributed by atoms with Crippen molar-refractivity contribution < 1.29 is 16.8 Å². The number of thiazole rings is 1. The van der Waals surface area contributed by atoms with Gasteiger partial charge in [0.15, 0.2) is 0 Å². The molecule has 2 N–H and O–H groups in total. The summed E-state index contributed by atoms with van der Waals surface area (Å²) in [6.07, 6.45) is 2.70. The third-order valence-corrected chi connectivity index (χ3v) is 8.83. The van der Waals surface area contributed by atoms with E-state index in [0.29, 0.717) is 10.4 Å². The molecule has 0 unspecified atom stereocenters. The summed E-state index contributed by atoms with van der Waals surface area (Å²) in [5, 5.41) is 3.81. The van der Waals surface area contributed by atoms with Gasteiger partial charge >= 0.3 is 0 Å². The molecule has 0 fully saturated rings. The third kappa shape index (κ3) is 5.91. The molecule has 1 heterocycles. The number of sulfonamides is 2. The van der Waals surface area contributed by atoms with E-state index in [-0.39, 0.29) is 10.6 Å². The number of benzene rings is 2. The minimum atomic E-state index is -3.96. The van der Waals surface area contributed by atoms with Crippen LogP contribution in [0.15, 0.2) is 53.6 Å². The molecule has 33 heavy (non-hydrogen) atoms. The molecule has 178 valence electrons. The topological polar surface area (TPSA) is 108 Å². The van der Waals surface area contributed by atoms with Crippen molar-refractivity contribution in [3.63, 3.8) is 0 Å². The first-order valence-corrected chi connectivity index (χ1v) is 14.2. The zero-order chi connectivity index (χ0) is 24.6. The van der Waals surface area contributed by atoms with Crippen molar-refractivity contribution in [2.75, 3.05) is 30.0 Å². The fourth-order valence-corrected chi connectivity index (χ4v) is 6.28. The van der Waals surface area contributed by atoms with Crippen LogP contribution in [-0.2, 0) is 20.0 Å². The van der Waals surface area contributed by atoms with Crippen LogP contribution in [0.3, 0.4) is 0 Å². The lowest BCUT2D eigenvalue weighted by molar-refractivity contribution is 0.491. The van der Waals surface area contributed by atoms with Crippen LogP contribution >= 0.6 is 11.3 Å². The van der Waals surface area contributed by atoms with Crippen molar-refractivity contribution in [2.24, 2.45) is 0 Å². The second-order valence-electron chi connectivity index (χ2n) is 8.62. The Morgan fingerprint density at radius 1 is 1.00 bits per heavy atom. The predicted octanol–water partition coefficient (Wildman–Crippen LogP) is 3.99. The van der Waals surface area contributed by atoms with Crippen molar-refractivity contribution in [2.45, 2.75) is 31.2 Å². The summed E-state index contributed by atoms with van der Waals surface area (Å²) >= 11 is 1.36. The Hall–Kier alpha value is -2.47. The van der Waals surface area contributed by atoms with E-state index in [1.807, 2.05) is 31.3 Å². The van der Waals surface area contributed by atoms with Gasteiger partial charge in [-0.1, -0.05) is 6.07 Å². The van der Waals surface area contributed by atoms with E-state index in [0.717, 1.165) is 26.8 Å². The van der Waals surface area contributed by atoms with Crippen LogP contribution in [-0.4, -0.2) is 47.7 Å². The van der Waals surface area contributed by atoms with Crippen molar-refractivity contribution >= 4 is 42.8 Å². The zero-order valence-corrected chi connectivity index (χ0v) is 21.8. The number of nitrogens with one attached hydrogen (secondary N) is 2. The van der Waals surface area contributed by atoms with Crippen LogP contribution in [0, 0.1) is 0 Å². The molecule has 0 atom stereocenters. The van der Waals surface area contributed by atoms with Crippen molar-refractivity contribution in [1.29, 1.82) is 0 Å². The average Bonchev–Trinajstić information content (AvgIpc) is 3.20. The number of rotatable bonds is 7. The lowest BCUT2D eigenvalue weighted by Crippen LogP contribution is -2.40. The number of hydrogen-bond donors (Lipinski definition) is 2. The molecule has 3 aromatic rings. The molecular formula is C22H28N4O4S3. The Labute approximate surface area is 199 Å². The van der Waals surface area contributed by atoms with Crippen molar-refractivity contribution in [3.05, 3.63) is 48.7 Å². The molecule has 8 nitrogen and oxygen atoms in total. The maximum atomic E-state index is 13.3. The Kier molecular flexibility index (Phi) is 6.90. The molecule has 0 saturated carbocycles. The van der Waals surface area contributed by atoms with Crippen LogP contribution in [0.5, 0.6) is 0 Å². The number of aromatic nitrogens is 1. The SMILES string of the molecule is CNc1ccc(-c2ncc(-c3ccc(N(C)S(C)(=O)=O)cc3S(=O)(=O)NC(C)(C)C)s2)cc1. The third-order valence-electron chi connectivity index (χ3n) is 4.75. The monoisotopic (exact) mass is 508 g/mol. The molecule has 3 rings (SSSR count). The Morgan fingerprint density at radius 3 is 2.18 bits per heavy atom. The molecule has 0 bridgehead atoms. The molecular weight excluding hydrogens is 480 g/mol. The minimum Gasteiger partial charge on any atom is -0.388 e. The summed E-state index contributed by atoms with van der Waals surface area (Å²) in [5.41, 5.74) is 1.87. The van der Waals surface area contributed by atoms with Crippen molar-refractivity contribution in [3.8, 4) is 21.0 Å². The molecule has 0 amide bonds. The van der Waals surface area contributed by atoms with Gasteiger partial charge in [-0.05, 0) is 57.2 Å². The van der Waals surface area contributed by atoms with Crippen LogP contribution < -0.4 is 14.3 Å². The summed E-state index contributed by atoms with van der Waals surface area (Å²) in [5.74, 6) is 0. The van der Waals surface area contributed by atoms with Gasteiger partial charge in [0.05, 0.1) is 21.7 Å². The molecule has 2 aromatic carbocycles. The lowest BCUT2D eigenvalue weighted by Gasteiger charge is -2.23. The first-order chi connectivity index (χ1) is 15.2. The number of anilines is 2. The van der Waals surface area contributed by atoms with E-state index in [1.165, 1.54) is 24.5 Å². The van der Waals surface area contributed by atoms with Crippen LogP contribution in [0.4, 0.5) is 11.4 Å². The number of nitrogens with zero attached hydrogens (tertiary/aromatic N) is 2. The van der Waals surface area contributed by atoms with Crippen LogP contribution in [0.1, 0.15) is 20.8 Å². The van der Waals surface area contributed by atoms with E-state index in [2.05, 4.69) is 15.0 Å². The smallest absolute Gasteiger partial charge is 0.241 e. The van der Waals surface area contributed by atoms with E-state index >= 15 is 0 Å². The van der Waals surface area contributed by atoms with Crippen molar-refractivity contribution in [1.82, 2.24) is 9.71 Å². The highest BCUT2D eigenvalue weighted by molar-refractivity contribution is 7.92. The summed E-state index contributed by atoms with van der Waals surface area (Å²) in [7, 11) is -4.30. The van der Waals surface area contributed by atoms with Crippen LogP contribution in [0.25, 0.3) is 21.0 Å². The molecule has 11 heteroatoms. The van der Waals surface area contributed by atoms with E-state index < -0.39 is 25.6 Å². The highest BCUT2D eigenvalue weighted by Crippen LogP contribution is 2.38. The fraction of sp³-hybridized carbons (Fsp3) is 0.318. The first-order valence-electron chi connectivity index (χ1n) is 10.1. The quantitative estimate of drug-likeness (QED) is 0.500. The van der Waals surface area contributed by atoms with Gasteiger partial charge in [-0.2, -0.15) is 0 Å². The molecule has 0 aliphatic heterocycles. The van der Waals surface area contributed by atoms with Gasteiger partial charge in [-0.25, -0.2) is 26.5 Å². The Bertz CT molecular complexity index is 1360. The minimum absolute atomic E-state index is 0.00819. The largest absolute Gasteiger partial charge is 0.388 e. The number of hydrogen-bond acceptors (Lipinski definition) is 7. The standard InChI is InChI=1S/C22H28N4O4S3/c1-22(2,3)25-33(29,30)20-13-17(26(5)32(6,27)28)11-12-18(20)19-14-24-21(31-19)15-7-9-16(23-4)10-8-15/h7-14,23,25H,1-6H3. The molecule has 1 aromatic heterocycles. The van der Waals surface area contributed by atoms with Gasteiger partial charge in [-0.15, -0.1) is 11.3 Å². The van der Waals surface area contributed by atoms with Gasteiger partial charge in [-0.3, -0.25) is 4.31 Å². The molecule has 0 saturated heterocycles. The summed E-state index contributed by atoms with van der Waals surface area (Å²) in [6.45, 7) is 5.24. The summed E-state index contributed by atoms with van der Waals surface area (Å²) in [4.78, 5) is 5.14. The molecule has 0 aliphatic rings. The maximum Gasteiger partial charge on any atom is 0.241 e. The predicted molar refractivity (Wildman–Crippen MR) is 136 cm³/mol. The highest BCUT2D eigenvalue weighted by atomic mass is 32.2.